The smallest absolute Gasteiger partial charge is 0.247 e. The van der Waals surface area contributed by atoms with Crippen LogP contribution in [-0.4, -0.2) is 59.2 Å². The van der Waals surface area contributed by atoms with Crippen molar-refractivity contribution in [2.75, 3.05) is 20.1 Å². The van der Waals surface area contributed by atoms with Gasteiger partial charge in [-0.1, -0.05) is 41.4 Å². The number of piperazine rings is 1. The summed E-state index contributed by atoms with van der Waals surface area (Å²) in [5.74, 6) is -0.812. The molecule has 2 heterocycles. The number of nitrogens with zero attached hydrogens (tertiary/aromatic N) is 2. The zero-order chi connectivity index (χ0) is 21.7. The Morgan fingerprint density at radius 2 is 2.00 bits per heavy atom. The van der Waals surface area contributed by atoms with Crippen molar-refractivity contribution in [3.63, 3.8) is 0 Å². The second kappa shape index (κ2) is 10.3. The Kier molecular flexibility index (Phi) is 7.75. The van der Waals surface area contributed by atoms with E-state index >= 15 is 0 Å². The van der Waals surface area contributed by atoms with Crippen molar-refractivity contribution in [3.8, 4) is 0 Å². The Bertz CT molecular complexity index is 889. The van der Waals surface area contributed by atoms with E-state index in [0.29, 0.717) is 24.4 Å². The zero-order valence-corrected chi connectivity index (χ0v) is 18.8. The Morgan fingerprint density at radius 1 is 1.27 bits per heavy atom. The van der Waals surface area contributed by atoms with Gasteiger partial charge in [0.15, 0.2) is 0 Å². The number of nitrogens with one attached hydrogen (secondary N) is 1. The molecule has 3 rings (SSSR count). The predicted octanol–water partition coefficient (Wildman–Crippen LogP) is 2.93. The van der Waals surface area contributed by atoms with Crippen LogP contribution in [0.5, 0.6) is 0 Å². The summed E-state index contributed by atoms with van der Waals surface area (Å²) in [6.07, 6.45) is 0.919. The maximum Gasteiger partial charge on any atom is 0.247 e. The third-order valence-corrected chi connectivity index (χ3v) is 6.64. The van der Waals surface area contributed by atoms with Crippen molar-refractivity contribution in [2.45, 2.75) is 30.8 Å². The molecule has 0 aliphatic carbocycles. The molecule has 160 valence electrons. The van der Waals surface area contributed by atoms with Crippen LogP contribution in [0.1, 0.15) is 16.9 Å². The molecule has 2 unspecified atom stereocenters. The molecule has 2 atom stereocenters. The Balaban J connectivity index is 1.75. The summed E-state index contributed by atoms with van der Waals surface area (Å²) in [4.78, 5) is 42.2. The van der Waals surface area contributed by atoms with Crippen LogP contribution in [0.4, 0.5) is 0 Å². The lowest BCUT2D eigenvalue weighted by atomic mass is 10.0. The molecule has 0 saturated carbocycles. The highest BCUT2D eigenvalue weighted by Gasteiger charge is 2.42. The molecule has 1 aliphatic heterocycles. The van der Waals surface area contributed by atoms with Gasteiger partial charge in [-0.3, -0.25) is 14.4 Å². The molecule has 1 saturated heterocycles. The van der Waals surface area contributed by atoms with Crippen LogP contribution in [0.25, 0.3) is 0 Å². The van der Waals surface area contributed by atoms with E-state index in [-0.39, 0.29) is 30.7 Å². The number of carbonyl (C=O) groups excluding carboxylic acids is 3. The van der Waals surface area contributed by atoms with Crippen molar-refractivity contribution >= 4 is 52.3 Å². The highest BCUT2D eigenvalue weighted by atomic mass is 35.5. The van der Waals surface area contributed by atoms with Crippen molar-refractivity contribution in [1.82, 2.24) is 15.1 Å². The molecular weight excluding hydrogens is 445 g/mol. The van der Waals surface area contributed by atoms with Gasteiger partial charge in [-0.2, -0.15) is 0 Å². The topological polar surface area (TPSA) is 69.7 Å². The highest BCUT2D eigenvalue weighted by molar-refractivity contribution is 7.09. The molecule has 3 amide bonds. The summed E-state index contributed by atoms with van der Waals surface area (Å²) in [5.41, 5.74) is 0.205. The van der Waals surface area contributed by atoms with Crippen molar-refractivity contribution < 1.29 is 14.4 Å². The minimum Gasteiger partial charge on any atom is -0.359 e. The number of amides is 3. The van der Waals surface area contributed by atoms with Crippen LogP contribution < -0.4 is 5.32 Å². The number of hydrogen-bond donors (Lipinski definition) is 1. The minimum atomic E-state index is -0.863. The number of hydrogen-bond acceptors (Lipinski definition) is 4. The van der Waals surface area contributed by atoms with Gasteiger partial charge in [-0.25, -0.2) is 0 Å². The first-order chi connectivity index (χ1) is 14.4. The molecule has 1 aromatic carbocycles. The molecule has 30 heavy (non-hydrogen) atoms. The number of thiophene rings is 1. The van der Waals surface area contributed by atoms with Gasteiger partial charge in [-0.15, -0.1) is 11.3 Å². The first-order valence-electron chi connectivity index (χ1n) is 9.60. The second-order valence-corrected chi connectivity index (χ2v) is 9.01. The van der Waals surface area contributed by atoms with E-state index in [9.17, 15) is 14.4 Å². The fraction of sp³-hybridized carbons (Fsp3) is 0.381. The normalized spacial score (nSPS) is 17.9. The van der Waals surface area contributed by atoms with E-state index in [4.69, 9.17) is 23.2 Å². The van der Waals surface area contributed by atoms with Crippen LogP contribution in [-0.2, 0) is 27.2 Å². The third-order valence-electron chi connectivity index (χ3n) is 5.06. The van der Waals surface area contributed by atoms with Crippen LogP contribution >= 0.6 is 34.5 Å². The van der Waals surface area contributed by atoms with E-state index in [1.54, 1.807) is 23.5 Å². The Morgan fingerprint density at radius 3 is 2.63 bits per heavy atom. The van der Waals surface area contributed by atoms with Gasteiger partial charge in [0, 0.05) is 29.9 Å². The van der Waals surface area contributed by atoms with Crippen LogP contribution in [0, 0.1) is 0 Å². The molecule has 6 nitrogen and oxygen atoms in total. The van der Waals surface area contributed by atoms with Gasteiger partial charge in [0.2, 0.25) is 17.7 Å². The Hall–Kier alpha value is -2.09. The summed E-state index contributed by atoms with van der Waals surface area (Å²) in [7, 11) is 1.51. The molecular formula is C21H23Cl2N3O3S. The third kappa shape index (κ3) is 5.53. The molecule has 0 bridgehead atoms. The number of benzene rings is 1. The average molecular weight is 468 g/mol. The maximum absolute atomic E-state index is 13.2. The lowest BCUT2D eigenvalue weighted by Crippen LogP contribution is -2.62. The molecule has 9 heteroatoms. The van der Waals surface area contributed by atoms with E-state index in [2.05, 4.69) is 5.32 Å². The van der Waals surface area contributed by atoms with Gasteiger partial charge < -0.3 is 15.1 Å². The number of alkyl halides is 1. The standard InChI is InChI=1S/C21H23Cl2N3O3S/c1-24-19(27)12-17-21(29)26(18(23)11-14-4-6-15(22)7-5-14)13-20(28)25(17)9-8-16-3-2-10-30-16/h2-7,10,17-18H,8-9,11-13H2,1H3,(H,24,27). The number of carbonyl (C=O) groups is 3. The zero-order valence-electron chi connectivity index (χ0n) is 16.5. The van der Waals surface area contributed by atoms with Crippen molar-refractivity contribution in [3.05, 3.63) is 57.2 Å². The number of rotatable bonds is 8. The highest BCUT2D eigenvalue weighted by Crippen LogP contribution is 2.23. The fourth-order valence-electron chi connectivity index (χ4n) is 3.42. The average Bonchev–Trinajstić information content (AvgIpc) is 3.25. The maximum atomic E-state index is 13.2. The fourth-order valence-corrected chi connectivity index (χ4v) is 4.58. The minimum absolute atomic E-state index is 0.0907. The van der Waals surface area contributed by atoms with Gasteiger partial charge in [0.25, 0.3) is 0 Å². The van der Waals surface area contributed by atoms with Gasteiger partial charge in [-0.05, 0) is 35.6 Å². The monoisotopic (exact) mass is 467 g/mol. The van der Waals surface area contributed by atoms with Gasteiger partial charge in [0.1, 0.15) is 18.1 Å². The predicted molar refractivity (Wildman–Crippen MR) is 119 cm³/mol. The molecule has 0 radical (unpaired) electrons. The molecule has 1 aromatic heterocycles. The summed E-state index contributed by atoms with van der Waals surface area (Å²) in [6.45, 7) is 0.278. The summed E-state index contributed by atoms with van der Waals surface area (Å²) < 4.78 is 0. The van der Waals surface area contributed by atoms with Gasteiger partial charge >= 0.3 is 0 Å². The summed E-state index contributed by atoms with van der Waals surface area (Å²) >= 11 is 14.1. The molecule has 1 N–H and O–H groups in total. The SMILES string of the molecule is CNC(=O)CC1C(=O)N(C(Cl)Cc2ccc(Cl)cc2)CC(=O)N1CCc1cccs1. The van der Waals surface area contributed by atoms with Crippen molar-refractivity contribution in [1.29, 1.82) is 0 Å². The van der Waals surface area contributed by atoms with Gasteiger partial charge in [0.05, 0.1) is 6.42 Å². The van der Waals surface area contributed by atoms with E-state index in [1.807, 2.05) is 29.6 Å². The quantitative estimate of drug-likeness (QED) is 0.479. The second-order valence-electron chi connectivity index (χ2n) is 7.04. The van der Waals surface area contributed by atoms with E-state index in [1.165, 1.54) is 16.8 Å². The number of halogens is 2. The Labute approximate surface area is 189 Å². The molecule has 1 aliphatic rings. The first-order valence-corrected chi connectivity index (χ1v) is 11.3. The van der Waals surface area contributed by atoms with Crippen LogP contribution in [0.3, 0.4) is 0 Å². The molecule has 0 spiro atoms. The first kappa shape index (κ1) is 22.6. The largest absolute Gasteiger partial charge is 0.359 e. The molecule has 1 fully saturated rings. The lowest BCUT2D eigenvalue weighted by Gasteiger charge is -2.41. The van der Waals surface area contributed by atoms with E-state index in [0.717, 1.165) is 10.4 Å². The molecule has 2 aromatic rings. The van der Waals surface area contributed by atoms with Crippen LogP contribution in [0.15, 0.2) is 41.8 Å². The summed E-state index contributed by atoms with van der Waals surface area (Å²) in [5, 5.41) is 5.12. The van der Waals surface area contributed by atoms with E-state index < -0.39 is 11.5 Å². The van der Waals surface area contributed by atoms with Crippen LogP contribution in [0.2, 0.25) is 5.02 Å². The lowest BCUT2D eigenvalue weighted by molar-refractivity contribution is -0.157. The van der Waals surface area contributed by atoms with Crippen molar-refractivity contribution in [2.24, 2.45) is 0 Å². The summed E-state index contributed by atoms with van der Waals surface area (Å²) in [6, 6.07) is 10.3.